The summed E-state index contributed by atoms with van der Waals surface area (Å²) in [6.45, 7) is 0. The average molecular weight is 734 g/mol. The smallest absolute Gasteiger partial charge is 0.164 e. The minimum Gasteiger partial charge on any atom is -0.456 e. The number of hydrogen-bond donors (Lipinski definition) is 0. The van der Waals surface area contributed by atoms with Gasteiger partial charge in [-0.2, -0.15) is 0 Å². The van der Waals surface area contributed by atoms with Crippen molar-refractivity contribution in [2.45, 2.75) is 0 Å². The standard InChI is InChI=1S/C51H31N3OS/c1-4-11-32(12-5-1)34-19-21-36(22-20-34)50-52-49(35-15-8-3-9-16-35)53-51(54-50)39-24-26-41-44-29-38(25-28-45(44)55-46(41)30-39)40-17-10-18-43-42-27-23-37(31-47(42)56-48(40)43)33-13-6-2-7-14-33/h1-31H. The molecule has 0 aliphatic heterocycles. The Balaban J connectivity index is 0.985. The van der Waals surface area contributed by atoms with Crippen LogP contribution >= 0.6 is 11.3 Å². The third-order valence-corrected chi connectivity index (χ3v) is 11.8. The van der Waals surface area contributed by atoms with E-state index in [0.717, 1.165) is 49.8 Å². The Morgan fingerprint density at radius 1 is 0.321 bits per heavy atom. The van der Waals surface area contributed by atoms with Crippen LogP contribution in [0, 0.1) is 0 Å². The van der Waals surface area contributed by atoms with E-state index >= 15 is 0 Å². The molecule has 8 aromatic carbocycles. The number of hydrogen-bond acceptors (Lipinski definition) is 5. The summed E-state index contributed by atoms with van der Waals surface area (Å²) in [6, 6.07) is 65.7. The predicted octanol–water partition coefficient (Wildman–Crippen LogP) is 14.1. The summed E-state index contributed by atoms with van der Waals surface area (Å²) in [5.41, 5.74) is 11.5. The van der Waals surface area contributed by atoms with E-state index in [0.29, 0.717) is 17.5 Å². The van der Waals surface area contributed by atoms with Crippen LogP contribution in [0.2, 0.25) is 0 Å². The number of rotatable bonds is 6. The van der Waals surface area contributed by atoms with Gasteiger partial charge >= 0.3 is 0 Å². The highest BCUT2D eigenvalue weighted by Gasteiger charge is 2.17. The molecule has 0 saturated heterocycles. The van der Waals surface area contributed by atoms with Crippen LogP contribution in [0.3, 0.4) is 0 Å². The SMILES string of the molecule is c1ccc(-c2ccc(-c3nc(-c4ccccc4)nc(-c4ccc5c(c4)oc4ccc(-c6cccc7c6sc6cc(-c8ccccc8)ccc67)cc45)n3)cc2)cc1. The van der Waals surface area contributed by atoms with E-state index in [4.69, 9.17) is 19.4 Å². The van der Waals surface area contributed by atoms with Gasteiger partial charge in [0, 0.05) is 47.6 Å². The molecule has 0 radical (unpaired) electrons. The molecule has 56 heavy (non-hydrogen) atoms. The molecule has 5 heteroatoms. The van der Waals surface area contributed by atoms with Crippen LogP contribution in [0.25, 0.3) is 110 Å². The second-order valence-corrected chi connectivity index (χ2v) is 15.1. The molecule has 0 unspecified atom stereocenters. The lowest BCUT2D eigenvalue weighted by atomic mass is 9.99. The number of fused-ring (bicyclic) bond motifs is 6. The molecule has 0 aliphatic rings. The van der Waals surface area contributed by atoms with E-state index < -0.39 is 0 Å². The first-order valence-electron chi connectivity index (χ1n) is 18.7. The molecule has 0 spiro atoms. The summed E-state index contributed by atoms with van der Waals surface area (Å²) in [4.78, 5) is 15.0. The van der Waals surface area contributed by atoms with Crippen molar-refractivity contribution in [1.82, 2.24) is 15.0 Å². The van der Waals surface area contributed by atoms with Crippen LogP contribution in [0.1, 0.15) is 0 Å². The van der Waals surface area contributed by atoms with Crippen molar-refractivity contribution in [1.29, 1.82) is 0 Å². The number of benzene rings is 8. The lowest BCUT2D eigenvalue weighted by Gasteiger charge is -2.09. The van der Waals surface area contributed by atoms with E-state index in [1.165, 1.54) is 42.4 Å². The van der Waals surface area contributed by atoms with E-state index in [1.807, 2.05) is 47.7 Å². The maximum absolute atomic E-state index is 6.51. The Morgan fingerprint density at radius 3 is 1.57 bits per heavy atom. The van der Waals surface area contributed by atoms with Gasteiger partial charge in [-0.25, -0.2) is 15.0 Å². The minimum atomic E-state index is 0.593. The fraction of sp³-hybridized carbons (Fsp3) is 0. The Bertz CT molecular complexity index is 3230. The highest BCUT2D eigenvalue weighted by Crippen LogP contribution is 2.43. The lowest BCUT2D eigenvalue weighted by Crippen LogP contribution is -2.00. The van der Waals surface area contributed by atoms with Crippen LogP contribution in [-0.4, -0.2) is 15.0 Å². The fourth-order valence-electron chi connectivity index (χ4n) is 7.71. The van der Waals surface area contributed by atoms with Crippen LogP contribution in [0.15, 0.2) is 192 Å². The first-order valence-corrected chi connectivity index (χ1v) is 19.5. The molecule has 11 rings (SSSR count). The Labute approximate surface area is 327 Å². The van der Waals surface area contributed by atoms with E-state index in [-0.39, 0.29) is 0 Å². The molecule has 0 saturated carbocycles. The molecule has 11 aromatic rings. The van der Waals surface area contributed by atoms with E-state index in [9.17, 15) is 0 Å². The van der Waals surface area contributed by atoms with Crippen molar-refractivity contribution in [3.63, 3.8) is 0 Å². The Kier molecular flexibility index (Phi) is 7.64. The van der Waals surface area contributed by atoms with Crippen molar-refractivity contribution in [3.8, 4) is 67.5 Å². The highest BCUT2D eigenvalue weighted by molar-refractivity contribution is 7.26. The van der Waals surface area contributed by atoms with Gasteiger partial charge in [0.25, 0.3) is 0 Å². The normalized spacial score (nSPS) is 11.6. The number of nitrogens with zero attached hydrogens (tertiary/aromatic N) is 3. The fourth-order valence-corrected chi connectivity index (χ4v) is 8.99. The molecule has 4 nitrogen and oxygen atoms in total. The molecule has 0 fully saturated rings. The van der Waals surface area contributed by atoms with Crippen LogP contribution in [-0.2, 0) is 0 Å². The third kappa shape index (κ3) is 5.65. The molecule has 3 aromatic heterocycles. The van der Waals surface area contributed by atoms with E-state index in [2.05, 4.69) is 152 Å². The zero-order valence-corrected chi connectivity index (χ0v) is 30.9. The molecule has 0 atom stereocenters. The Hall–Kier alpha value is -7.21. The van der Waals surface area contributed by atoms with Gasteiger partial charge in [0.05, 0.1) is 0 Å². The molecule has 0 bridgehead atoms. The van der Waals surface area contributed by atoms with Crippen molar-refractivity contribution in [3.05, 3.63) is 188 Å². The molecule has 262 valence electrons. The van der Waals surface area contributed by atoms with Gasteiger partial charge in [-0.1, -0.05) is 158 Å². The number of furan rings is 1. The molecular weight excluding hydrogens is 703 g/mol. The minimum absolute atomic E-state index is 0.593. The van der Waals surface area contributed by atoms with E-state index in [1.54, 1.807) is 0 Å². The second kappa shape index (κ2) is 13.3. The third-order valence-electron chi connectivity index (χ3n) is 10.6. The lowest BCUT2D eigenvalue weighted by molar-refractivity contribution is 0.669. The van der Waals surface area contributed by atoms with Gasteiger partial charge in [-0.15, -0.1) is 11.3 Å². The first-order chi connectivity index (χ1) is 27.7. The average Bonchev–Trinajstić information content (AvgIpc) is 3.84. The van der Waals surface area contributed by atoms with Gasteiger partial charge in [0.1, 0.15) is 11.2 Å². The number of aromatic nitrogens is 3. The molecule has 0 amide bonds. The monoisotopic (exact) mass is 733 g/mol. The van der Waals surface area contributed by atoms with Crippen molar-refractivity contribution < 1.29 is 4.42 Å². The molecule has 0 N–H and O–H groups in total. The molecular formula is C51H31N3OS. The van der Waals surface area contributed by atoms with Crippen LogP contribution < -0.4 is 0 Å². The Morgan fingerprint density at radius 2 is 0.857 bits per heavy atom. The maximum atomic E-state index is 6.51. The van der Waals surface area contributed by atoms with Crippen molar-refractivity contribution >= 4 is 53.4 Å². The van der Waals surface area contributed by atoms with Crippen molar-refractivity contribution in [2.75, 3.05) is 0 Å². The van der Waals surface area contributed by atoms with Gasteiger partial charge in [0.15, 0.2) is 17.5 Å². The maximum Gasteiger partial charge on any atom is 0.164 e. The van der Waals surface area contributed by atoms with Crippen LogP contribution in [0.4, 0.5) is 0 Å². The summed E-state index contributed by atoms with van der Waals surface area (Å²) in [7, 11) is 0. The summed E-state index contributed by atoms with van der Waals surface area (Å²) in [5, 5.41) is 4.70. The van der Waals surface area contributed by atoms with Gasteiger partial charge in [0.2, 0.25) is 0 Å². The van der Waals surface area contributed by atoms with Crippen molar-refractivity contribution in [2.24, 2.45) is 0 Å². The summed E-state index contributed by atoms with van der Waals surface area (Å²) in [6.07, 6.45) is 0. The van der Waals surface area contributed by atoms with Gasteiger partial charge in [-0.05, 0) is 63.7 Å². The summed E-state index contributed by atoms with van der Waals surface area (Å²) in [5.74, 6) is 1.84. The number of thiophene rings is 1. The van der Waals surface area contributed by atoms with Crippen LogP contribution in [0.5, 0.6) is 0 Å². The molecule has 3 heterocycles. The topological polar surface area (TPSA) is 51.8 Å². The summed E-state index contributed by atoms with van der Waals surface area (Å²) < 4.78 is 9.09. The van der Waals surface area contributed by atoms with Gasteiger partial charge in [-0.3, -0.25) is 0 Å². The molecule has 0 aliphatic carbocycles. The summed E-state index contributed by atoms with van der Waals surface area (Å²) >= 11 is 1.86. The quantitative estimate of drug-likeness (QED) is 0.171. The van der Waals surface area contributed by atoms with Gasteiger partial charge < -0.3 is 4.42 Å². The largest absolute Gasteiger partial charge is 0.456 e. The zero-order chi connectivity index (χ0) is 37.0. The predicted molar refractivity (Wildman–Crippen MR) is 233 cm³/mol. The first kappa shape index (κ1) is 32.2. The second-order valence-electron chi connectivity index (χ2n) is 14.0. The highest BCUT2D eigenvalue weighted by atomic mass is 32.1. The zero-order valence-electron chi connectivity index (χ0n) is 30.1.